The van der Waals surface area contributed by atoms with Gasteiger partial charge in [0.25, 0.3) is 0 Å². The van der Waals surface area contributed by atoms with Crippen LogP contribution >= 0.6 is 0 Å². The number of ether oxygens (including phenoxy) is 1. The van der Waals surface area contributed by atoms with Gasteiger partial charge in [0.05, 0.1) is 0 Å². The minimum Gasteiger partial charge on any atom is -0.462 e. The van der Waals surface area contributed by atoms with Crippen molar-refractivity contribution in [2.75, 3.05) is 0 Å². The van der Waals surface area contributed by atoms with Crippen molar-refractivity contribution in [3.63, 3.8) is 0 Å². The highest BCUT2D eigenvalue weighted by Crippen LogP contribution is 2.67. The predicted molar refractivity (Wildman–Crippen MR) is 303 cm³/mol. The molecule has 3 saturated carbocycles. The zero-order chi connectivity index (χ0) is 49.3. The van der Waals surface area contributed by atoms with Crippen LogP contribution in [0.2, 0.25) is 0 Å². The van der Waals surface area contributed by atoms with Gasteiger partial charge in [-0.1, -0.05) is 213 Å². The lowest BCUT2D eigenvalue weighted by Gasteiger charge is -2.58. The second kappa shape index (κ2) is 34.6. The summed E-state index contributed by atoms with van der Waals surface area (Å²) >= 11 is 0. The fourth-order valence-electron chi connectivity index (χ4n) is 12.7. The van der Waals surface area contributed by atoms with Crippen LogP contribution in [0.4, 0.5) is 0 Å². The molecule has 4 rings (SSSR count). The quantitative estimate of drug-likeness (QED) is 0.0372. The van der Waals surface area contributed by atoms with E-state index in [-0.39, 0.29) is 12.1 Å². The van der Waals surface area contributed by atoms with Gasteiger partial charge in [-0.05, 0) is 181 Å². The summed E-state index contributed by atoms with van der Waals surface area (Å²) in [6, 6.07) is 0. The number of rotatable bonds is 33. The number of unbranched alkanes of at least 4 members (excludes halogenated alkanes) is 3. The SMILES string of the molecule is CC/C=C\C/C=C\C/C=C\C/C=C\C/C=C\C/C=C\C/C=C\C/C=C\C/C=C\C/C=C\C/C=C\CCCCCC(=O)OC1CCC2(C)C(=CCC3C2CCC2(C)C(C(C)CCCC(C)C)CCC32)C1. The molecule has 0 spiro atoms. The monoisotopic (exact) mass is 939 g/mol. The van der Waals surface area contributed by atoms with Gasteiger partial charge in [0.15, 0.2) is 0 Å². The Morgan fingerprint density at radius 3 is 1.55 bits per heavy atom. The minimum absolute atomic E-state index is 0.0251. The van der Waals surface area contributed by atoms with E-state index in [2.05, 4.69) is 181 Å². The maximum atomic E-state index is 12.9. The summed E-state index contributed by atoms with van der Waals surface area (Å²) in [6.45, 7) is 14.8. The number of hydrogen-bond donors (Lipinski definition) is 0. The molecule has 2 heteroatoms. The molecule has 2 nitrogen and oxygen atoms in total. The van der Waals surface area contributed by atoms with Crippen LogP contribution in [0.1, 0.15) is 215 Å². The fraction of sp³-hybridized carbons (Fsp3) is 0.627. The summed E-state index contributed by atoms with van der Waals surface area (Å²) in [6.07, 6.45) is 82.6. The second-order valence-corrected chi connectivity index (χ2v) is 22.2. The van der Waals surface area contributed by atoms with E-state index in [1.807, 2.05) is 0 Å². The van der Waals surface area contributed by atoms with Crippen LogP contribution in [-0.4, -0.2) is 12.1 Å². The van der Waals surface area contributed by atoms with Gasteiger partial charge >= 0.3 is 5.97 Å². The van der Waals surface area contributed by atoms with Crippen molar-refractivity contribution in [1.29, 1.82) is 0 Å². The highest BCUT2D eigenvalue weighted by molar-refractivity contribution is 5.69. The van der Waals surface area contributed by atoms with E-state index < -0.39 is 0 Å². The molecule has 3 fully saturated rings. The van der Waals surface area contributed by atoms with Gasteiger partial charge < -0.3 is 4.74 Å². The summed E-state index contributed by atoms with van der Waals surface area (Å²) in [5, 5.41) is 0. The van der Waals surface area contributed by atoms with Crippen molar-refractivity contribution in [3.8, 4) is 0 Å². The van der Waals surface area contributed by atoms with E-state index in [4.69, 9.17) is 4.74 Å². The fourth-order valence-corrected chi connectivity index (χ4v) is 12.7. The summed E-state index contributed by atoms with van der Waals surface area (Å²) in [7, 11) is 0. The molecule has 8 atom stereocenters. The Hall–Kier alpha value is -3.65. The Morgan fingerprint density at radius 2 is 1.06 bits per heavy atom. The van der Waals surface area contributed by atoms with Crippen molar-refractivity contribution < 1.29 is 9.53 Å². The molecule has 0 aliphatic heterocycles. The number of allylic oxidation sites excluding steroid dienone is 23. The van der Waals surface area contributed by atoms with Gasteiger partial charge in [-0.3, -0.25) is 4.79 Å². The van der Waals surface area contributed by atoms with Crippen molar-refractivity contribution >= 4 is 5.97 Å². The Labute approximate surface area is 426 Å². The molecule has 0 bridgehead atoms. The standard InChI is InChI=1S/C67H102O2/c1-7-8-9-10-11-12-13-14-15-16-17-18-19-20-21-22-23-24-25-26-27-28-29-30-31-32-33-34-35-36-37-38-39-40-41-42-43-47-65(68)69-60-52-54-66(5)59(56-60)48-49-61-63-51-50-62(58(4)46-44-45-57(2)3)67(63,6)55-53-64(61)66/h8-9,11-12,14-15,17-18,20-21,23-24,26-27,29-30,32-33,35-36,38-39,48,57-58,60-64H,7,10,13,16,19,22,25,28,31,34,37,40-47,49-56H2,1-6H3/b9-8-,12-11-,15-14-,18-17-,21-20-,24-23-,27-26-,30-29-,33-32-,36-35-,39-38-. The zero-order valence-corrected chi connectivity index (χ0v) is 45.2. The van der Waals surface area contributed by atoms with E-state index >= 15 is 0 Å². The molecule has 69 heavy (non-hydrogen) atoms. The van der Waals surface area contributed by atoms with Crippen LogP contribution in [0, 0.1) is 46.3 Å². The van der Waals surface area contributed by atoms with E-state index in [0.717, 1.165) is 145 Å². The van der Waals surface area contributed by atoms with E-state index in [1.165, 1.54) is 57.8 Å². The van der Waals surface area contributed by atoms with E-state index in [1.54, 1.807) is 5.57 Å². The van der Waals surface area contributed by atoms with Gasteiger partial charge in [-0.2, -0.15) is 0 Å². The van der Waals surface area contributed by atoms with Crippen LogP contribution < -0.4 is 0 Å². The molecule has 0 aromatic rings. The number of fused-ring (bicyclic) bond motifs is 5. The largest absolute Gasteiger partial charge is 0.462 e. The van der Waals surface area contributed by atoms with Crippen molar-refractivity contribution in [1.82, 2.24) is 0 Å². The molecule has 382 valence electrons. The summed E-state index contributed by atoms with van der Waals surface area (Å²) in [5.41, 5.74) is 2.47. The molecule has 0 N–H and O–H groups in total. The van der Waals surface area contributed by atoms with Crippen molar-refractivity contribution in [2.45, 2.75) is 221 Å². The van der Waals surface area contributed by atoms with E-state index in [0.29, 0.717) is 17.3 Å². The van der Waals surface area contributed by atoms with Crippen molar-refractivity contribution in [3.05, 3.63) is 145 Å². The lowest BCUT2D eigenvalue weighted by Crippen LogP contribution is -2.51. The molecule has 4 aliphatic carbocycles. The van der Waals surface area contributed by atoms with Crippen LogP contribution in [-0.2, 0) is 9.53 Å². The molecule has 0 radical (unpaired) electrons. The number of hydrogen-bond acceptors (Lipinski definition) is 2. The first-order valence-corrected chi connectivity index (χ1v) is 28.7. The topological polar surface area (TPSA) is 26.3 Å². The number of carbonyl (C=O) groups excluding carboxylic acids is 1. The number of carbonyl (C=O) groups is 1. The minimum atomic E-state index is 0.0251. The molecule has 0 heterocycles. The number of esters is 1. The van der Waals surface area contributed by atoms with Gasteiger partial charge in [-0.15, -0.1) is 0 Å². The summed E-state index contributed by atoms with van der Waals surface area (Å²) in [4.78, 5) is 12.9. The Kier molecular flexibility index (Phi) is 29.1. The molecular weight excluding hydrogens is 837 g/mol. The van der Waals surface area contributed by atoms with Gasteiger partial charge in [0, 0.05) is 12.8 Å². The molecule has 0 aromatic heterocycles. The van der Waals surface area contributed by atoms with Gasteiger partial charge in [0.1, 0.15) is 6.10 Å². The first-order valence-electron chi connectivity index (χ1n) is 28.7. The van der Waals surface area contributed by atoms with E-state index in [9.17, 15) is 4.79 Å². The highest BCUT2D eigenvalue weighted by Gasteiger charge is 2.59. The van der Waals surface area contributed by atoms with Crippen LogP contribution in [0.3, 0.4) is 0 Å². The molecule has 4 aliphatic rings. The Bertz CT molecular complexity index is 1780. The molecule has 8 unspecified atom stereocenters. The van der Waals surface area contributed by atoms with Crippen LogP contribution in [0.5, 0.6) is 0 Å². The third-order valence-corrected chi connectivity index (χ3v) is 16.6. The van der Waals surface area contributed by atoms with Crippen LogP contribution in [0.15, 0.2) is 145 Å². The summed E-state index contributed by atoms with van der Waals surface area (Å²) < 4.78 is 6.15. The lowest BCUT2D eigenvalue weighted by atomic mass is 9.47. The molecule has 0 amide bonds. The van der Waals surface area contributed by atoms with Gasteiger partial charge in [-0.25, -0.2) is 0 Å². The van der Waals surface area contributed by atoms with Crippen LogP contribution in [0.25, 0.3) is 0 Å². The van der Waals surface area contributed by atoms with Crippen molar-refractivity contribution in [2.24, 2.45) is 46.3 Å². The predicted octanol–water partition coefficient (Wildman–Crippen LogP) is 20.3. The normalized spacial score (nSPS) is 27.2. The maximum Gasteiger partial charge on any atom is 0.306 e. The Balaban J connectivity index is 0.944. The second-order valence-electron chi connectivity index (χ2n) is 22.2. The molecular formula is C67H102O2. The zero-order valence-electron chi connectivity index (χ0n) is 45.2. The highest BCUT2D eigenvalue weighted by atomic mass is 16.5. The summed E-state index contributed by atoms with van der Waals surface area (Å²) in [5.74, 6) is 5.20. The van der Waals surface area contributed by atoms with Gasteiger partial charge in [0.2, 0.25) is 0 Å². The maximum absolute atomic E-state index is 12.9. The average molecular weight is 940 g/mol. The first kappa shape index (κ1) is 57.9. The Morgan fingerprint density at radius 1 is 0.565 bits per heavy atom. The third kappa shape index (κ3) is 21.7. The first-order chi connectivity index (χ1) is 33.7. The smallest absolute Gasteiger partial charge is 0.306 e. The average Bonchev–Trinajstić information content (AvgIpc) is 3.70. The third-order valence-electron chi connectivity index (χ3n) is 16.6. The lowest BCUT2D eigenvalue weighted by molar-refractivity contribution is -0.151. The molecule has 0 aromatic carbocycles. The molecule has 0 saturated heterocycles.